The van der Waals surface area contributed by atoms with Crippen molar-refractivity contribution in [2.45, 2.75) is 47.6 Å². The topological polar surface area (TPSA) is 24.4 Å². The van der Waals surface area contributed by atoms with Gasteiger partial charge in [0.05, 0.1) is 6.04 Å². The standard InChI is InChI=1S/C15H24N2/c1-14(2,3)11-8-7-10-9-16-17-13(10)12(11)15(4,5)6/h7-10,13,17H,1-6H3. The molecule has 2 rings (SSSR count). The van der Waals surface area contributed by atoms with Gasteiger partial charge in [-0.1, -0.05) is 53.7 Å². The van der Waals surface area contributed by atoms with Gasteiger partial charge >= 0.3 is 0 Å². The van der Waals surface area contributed by atoms with E-state index in [1.807, 2.05) is 6.21 Å². The molecular weight excluding hydrogens is 208 g/mol. The summed E-state index contributed by atoms with van der Waals surface area (Å²) < 4.78 is 0. The summed E-state index contributed by atoms with van der Waals surface area (Å²) in [6.45, 7) is 13.7. The minimum absolute atomic E-state index is 0.178. The van der Waals surface area contributed by atoms with Gasteiger partial charge in [0.2, 0.25) is 0 Å². The third kappa shape index (κ3) is 2.18. The van der Waals surface area contributed by atoms with E-state index < -0.39 is 0 Å². The Hall–Kier alpha value is -1.05. The zero-order valence-electron chi connectivity index (χ0n) is 11.8. The van der Waals surface area contributed by atoms with E-state index in [2.05, 4.69) is 64.2 Å². The van der Waals surface area contributed by atoms with Crippen molar-refractivity contribution in [2.75, 3.05) is 0 Å². The molecule has 0 saturated heterocycles. The lowest BCUT2D eigenvalue weighted by Crippen LogP contribution is -2.38. The van der Waals surface area contributed by atoms with Crippen molar-refractivity contribution < 1.29 is 0 Å². The largest absolute Gasteiger partial charge is 0.302 e. The Kier molecular flexibility index (Phi) is 2.72. The van der Waals surface area contributed by atoms with E-state index in [1.54, 1.807) is 0 Å². The molecule has 0 aromatic carbocycles. The van der Waals surface area contributed by atoms with Crippen molar-refractivity contribution in [2.24, 2.45) is 21.8 Å². The molecule has 94 valence electrons. The summed E-state index contributed by atoms with van der Waals surface area (Å²) in [5.74, 6) is 0.426. The van der Waals surface area contributed by atoms with Gasteiger partial charge in [-0.3, -0.25) is 0 Å². The van der Waals surface area contributed by atoms with Gasteiger partial charge in [-0.05, 0) is 22.0 Å². The second-order valence-corrected chi connectivity index (χ2v) is 7.15. The Morgan fingerprint density at radius 2 is 1.71 bits per heavy atom. The Morgan fingerprint density at radius 1 is 1.06 bits per heavy atom. The zero-order valence-corrected chi connectivity index (χ0v) is 11.8. The monoisotopic (exact) mass is 232 g/mol. The van der Waals surface area contributed by atoms with Gasteiger partial charge in [0.25, 0.3) is 0 Å². The average Bonchev–Trinajstić information content (AvgIpc) is 2.59. The molecule has 0 fully saturated rings. The van der Waals surface area contributed by atoms with Crippen molar-refractivity contribution in [3.63, 3.8) is 0 Å². The van der Waals surface area contributed by atoms with Gasteiger partial charge in [0, 0.05) is 12.1 Å². The summed E-state index contributed by atoms with van der Waals surface area (Å²) in [5.41, 5.74) is 6.62. The van der Waals surface area contributed by atoms with Gasteiger partial charge in [-0.15, -0.1) is 0 Å². The molecular formula is C15H24N2. The number of hydrazone groups is 1. The summed E-state index contributed by atoms with van der Waals surface area (Å²) in [5, 5.41) is 4.25. The van der Waals surface area contributed by atoms with E-state index in [0.717, 1.165) is 0 Å². The second kappa shape index (κ2) is 3.72. The number of nitrogens with zero attached hydrogens (tertiary/aromatic N) is 1. The molecule has 1 aliphatic heterocycles. The first-order chi connectivity index (χ1) is 7.71. The molecule has 0 bridgehead atoms. The fraction of sp³-hybridized carbons (Fsp3) is 0.667. The lowest BCUT2D eigenvalue weighted by Gasteiger charge is -2.39. The minimum Gasteiger partial charge on any atom is -0.302 e. The number of allylic oxidation sites excluding steroid dienone is 2. The maximum Gasteiger partial charge on any atom is 0.0773 e. The molecule has 1 heterocycles. The van der Waals surface area contributed by atoms with Crippen LogP contribution in [0, 0.1) is 16.7 Å². The maximum atomic E-state index is 4.25. The Balaban J connectivity index is 2.54. The first-order valence-electron chi connectivity index (χ1n) is 6.43. The van der Waals surface area contributed by atoms with Crippen LogP contribution in [0.5, 0.6) is 0 Å². The molecule has 17 heavy (non-hydrogen) atoms. The van der Waals surface area contributed by atoms with Gasteiger partial charge in [0.1, 0.15) is 0 Å². The van der Waals surface area contributed by atoms with Crippen LogP contribution in [-0.2, 0) is 0 Å². The van der Waals surface area contributed by atoms with Crippen LogP contribution in [0.15, 0.2) is 28.4 Å². The Morgan fingerprint density at radius 3 is 2.24 bits per heavy atom. The van der Waals surface area contributed by atoms with E-state index in [4.69, 9.17) is 0 Å². The zero-order chi connectivity index (χ0) is 12.8. The third-order valence-electron chi connectivity index (χ3n) is 3.55. The molecule has 0 radical (unpaired) electrons. The maximum absolute atomic E-state index is 4.25. The fourth-order valence-corrected chi connectivity index (χ4v) is 2.79. The molecule has 2 unspecified atom stereocenters. The van der Waals surface area contributed by atoms with Gasteiger partial charge in [-0.25, -0.2) is 0 Å². The highest BCUT2D eigenvalue weighted by Crippen LogP contribution is 2.43. The highest BCUT2D eigenvalue weighted by molar-refractivity contribution is 5.69. The fourth-order valence-electron chi connectivity index (χ4n) is 2.79. The molecule has 0 aromatic rings. The molecule has 1 aliphatic carbocycles. The number of hydrogen-bond donors (Lipinski definition) is 1. The smallest absolute Gasteiger partial charge is 0.0773 e. The summed E-state index contributed by atoms with van der Waals surface area (Å²) >= 11 is 0. The highest BCUT2D eigenvalue weighted by atomic mass is 15.3. The predicted octanol–water partition coefficient (Wildman–Crippen LogP) is 3.52. The van der Waals surface area contributed by atoms with Crippen LogP contribution < -0.4 is 5.43 Å². The van der Waals surface area contributed by atoms with E-state index >= 15 is 0 Å². The van der Waals surface area contributed by atoms with Gasteiger partial charge in [0.15, 0.2) is 0 Å². The first-order valence-corrected chi connectivity index (χ1v) is 6.43. The number of hydrogen-bond acceptors (Lipinski definition) is 2. The van der Waals surface area contributed by atoms with E-state index in [0.29, 0.717) is 12.0 Å². The summed E-state index contributed by atoms with van der Waals surface area (Å²) in [7, 11) is 0. The molecule has 0 saturated carbocycles. The molecule has 2 atom stereocenters. The molecule has 1 N–H and O–H groups in total. The molecule has 0 amide bonds. The summed E-state index contributed by atoms with van der Waals surface area (Å²) in [6.07, 6.45) is 6.61. The van der Waals surface area contributed by atoms with E-state index in [1.165, 1.54) is 11.1 Å². The van der Waals surface area contributed by atoms with Crippen molar-refractivity contribution in [1.29, 1.82) is 0 Å². The number of fused-ring (bicyclic) bond motifs is 1. The minimum atomic E-state index is 0.178. The lowest BCUT2D eigenvalue weighted by atomic mass is 9.68. The number of nitrogens with one attached hydrogen (secondary N) is 1. The van der Waals surface area contributed by atoms with Crippen LogP contribution in [0.1, 0.15) is 41.5 Å². The predicted molar refractivity (Wildman–Crippen MR) is 74.0 cm³/mol. The van der Waals surface area contributed by atoms with Crippen molar-refractivity contribution in [3.8, 4) is 0 Å². The van der Waals surface area contributed by atoms with Gasteiger partial charge < -0.3 is 5.43 Å². The molecule has 2 nitrogen and oxygen atoms in total. The Bertz CT molecular complexity index is 400. The molecule has 2 aliphatic rings. The van der Waals surface area contributed by atoms with E-state index in [9.17, 15) is 0 Å². The van der Waals surface area contributed by atoms with Crippen LogP contribution in [0.25, 0.3) is 0 Å². The van der Waals surface area contributed by atoms with Crippen LogP contribution in [0.4, 0.5) is 0 Å². The summed E-state index contributed by atoms with van der Waals surface area (Å²) in [4.78, 5) is 0. The SMILES string of the molecule is CC(C)(C)C1=C(C(C)(C)C)C2NN=CC2C=C1. The average molecular weight is 232 g/mol. The lowest BCUT2D eigenvalue weighted by molar-refractivity contribution is 0.389. The Labute approximate surface area is 105 Å². The van der Waals surface area contributed by atoms with Crippen LogP contribution in [-0.4, -0.2) is 12.3 Å². The normalized spacial score (nSPS) is 28.4. The third-order valence-corrected chi connectivity index (χ3v) is 3.55. The first kappa shape index (κ1) is 12.4. The molecule has 2 heteroatoms. The van der Waals surface area contributed by atoms with Gasteiger partial charge in [-0.2, -0.15) is 5.10 Å². The van der Waals surface area contributed by atoms with Crippen LogP contribution >= 0.6 is 0 Å². The second-order valence-electron chi connectivity index (χ2n) is 7.15. The van der Waals surface area contributed by atoms with Crippen LogP contribution in [0.3, 0.4) is 0 Å². The van der Waals surface area contributed by atoms with Crippen molar-refractivity contribution in [3.05, 3.63) is 23.3 Å². The number of rotatable bonds is 0. The molecule has 0 spiro atoms. The van der Waals surface area contributed by atoms with Crippen molar-refractivity contribution in [1.82, 2.24) is 5.43 Å². The quantitative estimate of drug-likeness (QED) is 0.679. The van der Waals surface area contributed by atoms with E-state index in [-0.39, 0.29) is 10.8 Å². The van der Waals surface area contributed by atoms with Crippen molar-refractivity contribution >= 4 is 6.21 Å². The highest BCUT2D eigenvalue weighted by Gasteiger charge is 2.38. The molecule has 0 aromatic heterocycles. The van der Waals surface area contributed by atoms with Crippen LogP contribution in [0.2, 0.25) is 0 Å². The summed E-state index contributed by atoms with van der Waals surface area (Å²) in [6, 6.07) is 0.356.